The van der Waals surface area contributed by atoms with Crippen molar-refractivity contribution in [2.24, 2.45) is 0 Å². The number of nitrogens with one attached hydrogen (secondary N) is 1. The number of aryl methyl sites for hydroxylation is 2. The van der Waals surface area contributed by atoms with Crippen LogP contribution >= 0.6 is 11.3 Å². The Hall–Kier alpha value is -2.00. The molecule has 0 spiro atoms. The van der Waals surface area contributed by atoms with Gasteiger partial charge in [-0.25, -0.2) is 13.4 Å². The first kappa shape index (κ1) is 18.3. The van der Waals surface area contributed by atoms with Gasteiger partial charge in [0, 0.05) is 24.1 Å². The molecular formula is C15H19N3O4S2. The molecule has 1 aromatic heterocycles. The Bertz CT molecular complexity index is 860. The minimum Gasteiger partial charge on any atom is -0.379 e. The van der Waals surface area contributed by atoms with Crippen molar-refractivity contribution in [2.45, 2.75) is 31.6 Å². The van der Waals surface area contributed by atoms with Crippen LogP contribution in [0.1, 0.15) is 22.5 Å². The maximum atomic E-state index is 11.7. The Morgan fingerprint density at radius 3 is 2.62 bits per heavy atom. The molecule has 0 bridgehead atoms. The summed E-state index contributed by atoms with van der Waals surface area (Å²) in [5.41, 5.74) is 0.858. The summed E-state index contributed by atoms with van der Waals surface area (Å²) in [7, 11) is -3.68. The second-order valence-corrected chi connectivity index (χ2v) is 8.59. The van der Waals surface area contributed by atoms with Crippen LogP contribution in [-0.4, -0.2) is 31.1 Å². The van der Waals surface area contributed by atoms with Crippen molar-refractivity contribution in [1.29, 1.82) is 0 Å². The lowest BCUT2D eigenvalue weighted by Gasteiger charge is -2.08. The SMILES string of the molecule is CCc1nc(CCNc2cccc(S(C)(=O)=O)c2[N+](=O)[O-])sc1C. The highest BCUT2D eigenvalue weighted by atomic mass is 32.2. The molecule has 7 nitrogen and oxygen atoms in total. The van der Waals surface area contributed by atoms with Gasteiger partial charge in [-0.2, -0.15) is 0 Å². The molecule has 0 fully saturated rings. The molecule has 0 aliphatic heterocycles. The second-order valence-electron chi connectivity index (χ2n) is 5.32. The van der Waals surface area contributed by atoms with Crippen LogP contribution in [0, 0.1) is 17.0 Å². The fraction of sp³-hybridized carbons (Fsp3) is 0.400. The number of hydrogen-bond donors (Lipinski definition) is 1. The second kappa shape index (κ2) is 7.27. The number of hydrogen-bond acceptors (Lipinski definition) is 7. The number of nitro groups is 1. The Labute approximate surface area is 144 Å². The average molecular weight is 369 g/mol. The summed E-state index contributed by atoms with van der Waals surface area (Å²) >= 11 is 1.61. The van der Waals surface area contributed by atoms with Crippen LogP contribution in [0.2, 0.25) is 0 Å². The molecule has 2 aromatic rings. The van der Waals surface area contributed by atoms with Crippen LogP contribution in [0.4, 0.5) is 11.4 Å². The van der Waals surface area contributed by atoms with E-state index in [1.165, 1.54) is 23.1 Å². The molecule has 0 radical (unpaired) electrons. The van der Waals surface area contributed by atoms with Crippen LogP contribution in [0.15, 0.2) is 23.1 Å². The third-order valence-electron chi connectivity index (χ3n) is 3.51. The number of nitro benzene ring substituents is 1. The lowest BCUT2D eigenvalue weighted by atomic mass is 10.2. The summed E-state index contributed by atoms with van der Waals surface area (Å²) in [4.78, 5) is 16.1. The van der Waals surface area contributed by atoms with Crippen LogP contribution in [0.3, 0.4) is 0 Å². The number of nitrogens with zero attached hydrogens (tertiary/aromatic N) is 2. The first-order chi connectivity index (χ1) is 11.2. The highest BCUT2D eigenvalue weighted by Crippen LogP contribution is 2.32. The van der Waals surface area contributed by atoms with Crippen molar-refractivity contribution in [3.63, 3.8) is 0 Å². The van der Waals surface area contributed by atoms with Crippen LogP contribution in [0.25, 0.3) is 0 Å². The molecular weight excluding hydrogens is 350 g/mol. The van der Waals surface area contributed by atoms with E-state index in [1.54, 1.807) is 11.3 Å². The van der Waals surface area contributed by atoms with Crippen molar-refractivity contribution >= 4 is 32.5 Å². The van der Waals surface area contributed by atoms with Gasteiger partial charge in [0.25, 0.3) is 0 Å². The Morgan fingerprint density at radius 1 is 1.38 bits per heavy atom. The van der Waals surface area contributed by atoms with E-state index in [4.69, 9.17) is 0 Å². The van der Waals surface area contributed by atoms with E-state index in [1.807, 2.05) is 13.8 Å². The largest absolute Gasteiger partial charge is 0.379 e. The van der Waals surface area contributed by atoms with Crippen molar-refractivity contribution in [3.05, 3.63) is 43.9 Å². The molecule has 24 heavy (non-hydrogen) atoms. The van der Waals surface area contributed by atoms with Crippen molar-refractivity contribution in [3.8, 4) is 0 Å². The predicted octanol–water partition coefficient (Wildman–Crippen LogP) is 2.98. The molecule has 0 saturated heterocycles. The van der Waals surface area contributed by atoms with Gasteiger partial charge in [0.1, 0.15) is 10.6 Å². The van der Waals surface area contributed by atoms with Crippen molar-refractivity contribution in [2.75, 3.05) is 18.1 Å². The Morgan fingerprint density at radius 2 is 2.08 bits per heavy atom. The number of rotatable bonds is 7. The minimum atomic E-state index is -3.68. The topological polar surface area (TPSA) is 102 Å². The van der Waals surface area contributed by atoms with E-state index in [-0.39, 0.29) is 10.6 Å². The molecule has 130 valence electrons. The molecule has 1 N–H and O–H groups in total. The van der Waals surface area contributed by atoms with E-state index in [2.05, 4.69) is 10.3 Å². The third-order valence-corrected chi connectivity index (χ3v) is 5.71. The van der Waals surface area contributed by atoms with E-state index >= 15 is 0 Å². The Kier molecular flexibility index (Phi) is 5.55. The number of benzene rings is 1. The van der Waals surface area contributed by atoms with E-state index in [0.29, 0.717) is 13.0 Å². The quantitative estimate of drug-likeness (QED) is 0.594. The van der Waals surface area contributed by atoms with E-state index < -0.39 is 20.4 Å². The monoisotopic (exact) mass is 369 g/mol. The van der Waals surface area contributed by atoms with Gasteiger partial charge < -0.3 is 5.32 Å². The first-order valence-electron chi connectivity index (χ1n) is 7.40. The summed E-state index contributed by atoms with van der Waals surface area (Å²) in [6.45, 7) is 4.50. The molecule has 0 atom stereocenters. The fourth-order valence-corrected chi connectivity index (χ4v) is 4.26. The number of para-hydroxylation sites is 1. The molecule has 0 aliphatic rings. The zero-order valence-corrected chi connectivity index (χ0v) is 15.3. The van der Waals surface area contributed by atoms with Gasteiger partial charge in [0.05, 0.1) is 15.6 Å². The molecule has 0 aliphatic carbocycles. The summed E-state index contributed by atoms with van der Waals surface area (Å²) in [5, 5.41) is 15.2. The summed E-state index contributed by atoms with van der Waals surface area (Å²) in [6, 6.07) is 4.25. The highest BCUT2D eigenvalue weighted by molar-refractivity contribution is 7.90. The number of thiazole rings is 1. The van der Waals surface area contributed by atoms with Gasteiger partial charge in [-0.15, -0.1) is 11.3 Å². The zero-order valence-electron chi connectivity index (χ0n) is 13.7. The minimum absolute atomic E-state index is 0.201. The van der Waals surface area contributed by atoms with Gasteiger partial charge in [0.15, 0.2) is 9.84 Å². The van der Waals surface area contributed by atoms with Crippen LogP contribution in [-0.2, 0) is 22.7 Å². The average Bonchev–Trinajstić information content (AvgIpc) is 2.86. The van der Waals surface area contributed by atoms with Crippen molar-refractivity contribution < 1.29 is 13.3 Å². The first-order valence-corrected chi connectivity index (χ1v) is 10.1. The van der Waals surface area contributed by atoms with Crippen molar-refractivity contribution in [1.82, 2.24) is 4.98 Å². The zero-order chi connectivity index (χ0) is 17.9. The Balaban J connectivity index is 2.19. The summed E-state index contributed by atoms with van der Waals surface area (Å²) in [6.07, 6.45) is 2.45. The molecule has 0 saturated carbocycles. The van der Waals surface area contributed by atoms with Crippen LogP contribution in [0.5, 0.6) is 0 Å². The normalized spacial score (nSPS) is 11.5. The van der Waals surface area contributed by atoms with Gasteiger partial charge in [-0.05, 0) is 25.5 Å². The maximum absolute atomic E-state index is 11.7. The number of aromatic nitrogens is 1. The molecule has 0 unspecified atom stereocenters. The van der Waals surface area contributed by atoms with E-state index in [9.17, 15) is 18.5 Å². The van der Waals surface area contributed by atoms with Gasteiger partial charge in [-0.1, -0.05) is 13.0 Å². The molecule has 9 heteroatoms. The molecule has 2 rings (SSSR count). The third kappa shape index (κ3) is 4.09. The maximum Gasteiger partial charge on any atom is 0.310 e. The smallest absolute Gasteiger partial charge is 0.310 e. The predicted molar refractivity (Wildman–Crippen MR) is 94.6 cm³/mol. The summed E-state index contributed by atoms with van der Waals surface area (Å²) in [5.74, 6) is 0. The van der Waals surface area contributed by atoms with Gasteiger partial charge in [-0.3, -0.25) is 10.1 Å². The van der Waals surface area contributed by atoms with E-state index in [0.717, 1.165) is 23.4 Å². The lowest BCUT2D eigenvalue weighted by molar-refractivity contribution is -0.386. The summed E-state index contributed by atoms with van der Waals surface area (Å²) < 4.78 is 23.5. The molecule has 1 aromatic carbocycles. The molecule has 1 heterocycles. The van der Waals surface area contributed by atoms with Gasteiger partial charge >= 0.3 is 5.69 Å². The number of sulfone groups is 1. The van der Waals surface area contributed by atoms with Gasteiger partial charge in [0.2, 0.25) is 0 Å². The fourth-order valence-electron chi connectivity index (χ4n) is 2.38. The standard InChI is InChI=1S/C15H19N3O4S2/c1-4-11-10(2)23-14(17-11)8-9-16-12-6-5-7-13(24(3,21)22)15(12)18(19)20/h5-7,16H,4,8-9H2,1-3H3. The molecule has 0 amide bonds. The lowest BCUT2D eigenvalue weighted by Crippen LogP contribution is -2.10. The highest BCUT2D eigenvalue weighted by Gasteiger charge is 2.25. The van der Waals surface area contributed by atoms with Crippen LogP contribution < -0.4 is 5.32 Å². The number of anilines is 1.